The van der Waals surface area contributed by atoms with E-state index in [0.29, 0.717) is 16.4 Å². The number of nitrogens with two attached hydrogens (primary N) is 1. The van der Waals surface area contributed by atoms with Gasteiger partial charge in [0, 0.05) is 29.8 Å². The zero-order valence-corrected chi connectivity index (χ0v) is 15.6. The van der Waals surface area contributed by atoms with Gasteiger partial charge >= 0.3 is 0 Å². The molecule has 1 aliphatic heterocycles. The number of hydrogen-bond donors (Lipinski definition) is 2. The van der Waals surface area contributed by atoms with Gasteiger partial charge in [-0.25, -0.2) is 8.42 Å². The van der Waals surface area contributed by atoms with Crippen LogP contribution in [0.25, 0.3) is 0 Å². The second-order valence-electron chi connectivity index (χ2n) is 5.30. The third kappa shape index (κ3) is 4.01. The summed E-state index contributed by atoms with van der Waals surface area (Å²) in [7, 11) is -3.86. The van der Waals surface area contributed by atoms with Gasteiger partial charge in [0.2, 0.25) is 0 Å². The summed E-state index contributed by atoms with van der Waals surface area (Å²) in [6.45, 7) is 0. The lowest BCUT2D eigenvalue weighted by molar-refractivity contribution is 0.601. The van der Waals surface area contributed by atoms with Crippen molar-refractivity contribution in [2.75, 3.05) is 15.4 Å². The average molecular weight is 409 g/mol. The summed E-state index contributed by atoms with van der Waals surface area (Å²) < 4.78 is 27.7. The average Bonchev–Trinajstić information content (AvgIpc) is 2.86. The molecule has 9 heteroatoms. The maximum Gasteiger partial charge on any atom is 0.262 e. The summed E-state index contributed by atoms with van der Waals surface area (Å²) in [5.74, 6) is 0. The second-order valence-corrected chi connectivity index (χ2v) is 7.82. The number of nitrogen functional groups attached to an aromatic ring is 1. The predicted octanol–water partition coefficient (Wildman–Crippen LogP) is 4.25. The van der Waals surface area contributed by atoms with Crippen molar-refractivity contribution in [1.29, 1.82) is 0 Å². The molecule has 0 radical (unpaired) electrons. The smallest absolute Gasteiger partial charge is 0.262 e. The van der Waals surface area contributed by atoms with E-state index < -0.39 is 10.0 Å². The number of sulfonamides is 1. The van der Waals surface area contributed by atoms with Crippen LogP contribution in [0.15, 0.2) is 71.0 Å². The molecule has 0 unspecified atom stereocenters. The van der Waals surface area contributed by atoms with Crippen molar-refractivity contribution in [2.24, 2.45) is 4.99 Å². The van der Waals surface area contributed by atoms with E-state index in [0.717, 1.165) is 0 Å². The largest absolute Gasteiger partial charge is 0.397 e. The second kappa shape index (κ2) is 7.41. The molecule has 26 heavy (non-hydrogen) atoms. The summed E-state index contributed by atoms with van der Waals surface area (Å²) in [5.41, 5.74) is 7.22. The highest BCUT2D eigenvalue weighted by molar-refractivity contribution is 7.92. The zero-order chi connectivity index (χ0) is 18.7. The Morgan fingerprint density at radius 3 is 2.62 bits per heavy atom. The molecule has 1 aliphatic rings. The molecule has 0 amide bonds. The first kappa shape index (κ1) is 18.3. The molecule has 3 N–H and O–H groups in total. The molecule has 0 aromatic heterocycles. The first-order chi connectivity index (χ1) is 12.4. The Bertz CT molecular complexity index is 1020. The molecule has 0 spiro atoms. The quantitative estimate of drug-likeness (QED) is 0.739. The molecule has 134 valence electrons. The van der Waals surface area contributed by atoms with Gasteiger partial charge in [-0.05, 0) is 42.5 Å². The highest BCUT2D eigenvalue weighted by Gasteiger charge is 2.18. The minimum absolute atomic E-state index is 0.0174. The molecule has 0 saturated carbocycles. The number of aliphatic imine (C=N–C) groups is 1. The fraction of sp³-hybridized carbons (Fsp3) is 0. The molecule has 2 aromatic rings. The van der Waals surface area contributed by atoms with Crippen LogP contribution in [0.2, 0.25) is 10.0 Å². The lowest BCUT2D eigenvalue weighted by Crippen LogP contribution is -2.15. The number of anilines is 3. The molecule has 2 aromatic carbocycles. The Hall–Kier alpha value is -2.48. The van der Waals surface area contributed by atoms with E-state index in [1.54, 1.807) is 47.9 Å². The van der Waals surface area contributed by atoms with Crippen LogP contribution in [-0.2, 0) is 10.0 Å². The minimum atomic E-state index is -3.86. The zero-order valence-electron chi connectivity index (χ0n) is 13.3. The molecule has 0 fully saturated rings. The fourth-order valence-electron chi connectivity index (χ4n) is 2.26. The molecule has 1 heterocycles. The van der Waals surface area contributed by atoms with Gasteiger partial charge in [-0.3, -0.25) is 9.71 Å². The number of halogens is 2. The predicted molar refractivity (Wildman–Crippen MR) is 107 cm³/mol. The molecule has 0 atom stereocenters. The monoisotopic (exact) mass is 408 g/mol. The number of nitrogens with one attached hydrogen (secondary N) is 1. The van der Waals surface area contributed by atoms with Crippen LogP contribution < -0.4 is 15.4 Å². The summed E-state index contributed by atoms with van der Waals surface area (Å²) >= 11 is 11.9. The van der Waals surface area contributed by atoms with Crippen molar-refractivity contribution >= 4 is 56.5 Å². The van der Waals surface area contributed by atoms with Gasteiger partial charge in [0.25, 0.3) is 10.0 Å². The summed E-state index contributed by atoms with van der Waals surface area (Å²) in [6, 6.07) is 8.96. The number of hydrogen-bond acceptors (Lipinski definition) is 5. The molecular formula is C17H14Cl2N4O2S. The highest BCUT2D eigenvalue weighted by Crippen LogP contribution is 2.30. The lowest BCUT2D eigenvalue weighted by atomic mass is 10.2. The molecule has 6 nitrogen and oxygen atoms in total. The third-order valence-corrected chi connectivity index (χ3v) is 5.41. The van der Waals surface area contributed by atoms with Crippen molar-refractivity contribution in [3.63, 3.8) is 0 Å². The first-order valence-corrected chi connectivity index (χ1v) is 9.63. The van der Waals surface area contributed by atoms with Crippen LogP contribution in [0, 0.1) is 0 Å². The Balaban J connectivity index is 1.90. The van der Waals surface area contributed by atoms with E-state index in [9.17, 15) is 8.42 Å². The topological polar surface area (TPSA) is 87.8 Å². The Morgan fingerprint density at radius 1 is 1.08 bits per heavy atom. The number of rotatable bonds is 4. The van der Waals surface area contributed by atoms with E-state index >= 15 is 0 Å². The van der Waals surface area contributed by atoms with Crippen molar-refractivity contribution in [1.82, 2.24) is 0 Å². The van der Waals surface area contributed by atoms with Crippen molar-refractivity contribution in [3.8, 4) is 0 Å². The summed E-state index contributed by atoms with van der Waals surface area (Å²) in [6.07, 6.45) is 8.46. The van der Waals surface area contributed by atoms with Crippen LogP contribution in [0.3, 0.4) is 0 Å². The van der Waals surface area contributed by atoms with E-state index in [1.807, 2.05) is 0 Å². The minimum Gasteiger partial charge on any atom is -0.397 e. The van der Waals surface area contributed by atoms with Crippen LogP contribution >= 0.6 is 23.2 Å². The van der Waals surface area contributed by atoms with Crippen molar-refractivity contribution in [3.05, 3.63) is 71.1 Å². The van der Waals surface area contributed by atoms with Crippen LogP contribution in [0.4, 0.5) is 17.1 Å². The normalized spacial score (nSPS) is 13.7. The molecule has 3 rings (SSSR count). The Labute approximate surface area is 161 Å². The SMILES string of the molecule is Nc1cc(S(=O)(=O)Nc2ccc(Cl)cc2Cl)ccc1N1C=CC=NC=C1. The molecule has 0 aliphatic carbocycles. The fourth-order valence-corrected chi connectivity index (χ4v) is 3.89. The summed E-state index contributed by atoms with van der Waals surface area (Å²) in [4.78, 5) is 5.75. The van der Waals surface area contributed by atoms with Gasteiger partial charge in [-0.15, -0.1) is 0 Å². The maximum absolute atomic E-state index is 12.6. The summed E-state index contributed by atoms with van der Waals surface area (Å²) in [5, 5.41) is 0.611. The highest BCUT2D eigenvalue weighted by atomic mass is 35.5. The van der Waals surface area contributed by atoms with Gasteiger partial charge in [0.05, 0.1) is 27.0 Å². The number of nitrogens with zero attached hydrogens (tertiary/aromatic N) is 2. The van der Waals surface area contributed by atoms with E-state index in [1.165, 1.54) is 24.3 Å². The van der Waals surface area contributed by atoms with Crippen LogP contribution in [0.5, 0.6) is 0 Å². The Kier molecular flexibility index (Phi) is 5.22. The lowest BCUT2D eigenvalue weighted by Gasteiger charge is -2.18. The van der Waals surface area contributed by atoms with E-state index in [-0.39, 0.29) is 15.6 Å². The van der Waals surface area contributed by atoms with Gasteiger partial charge in [0.15, 0.2) is 0 Å². The van der Waals surface area contributed by atoms with Gasteiger partial charge in [0.1, 0.15) is 0 Å². The van der Waals surface area contributed by atoms with Crippen molar-refractivity contribution in [2.45, 2.75) is 4.90 Å². The van der Waals surface area contributed by atoms with E-state index in [4.69, 9.17) is 28.9 Å². The third-order valence-electron chi connectivity index (χ3n) is 3.50. The number of allylic oxidation sites excluding steroid dienone is 1. The molecule has 0 bridgehead atoms. The molecular weight excluding hydrogens is 395 g/mol. The Morgan fingerprint density at radius 2 is 1.88 bits per heavy atom. The van der Waals surface area contributed by atoms with Gasteiger partial charge in [-0.1, -0.05) is 23.2 Å². The van der Waals surface area contributed by atoms with Crippen molar-refractivity contribution < 1.29 is 8.42 Å². The van der Waals surface area contributed by atoms with E-state index in [2.05, 4.69) is 9.71 Å². The van der Waals surface area contributed by atoms with Gasteiger partial charge in [-0.2, -0.15) is 0 Å². The standard InChI is InChI=1S/C17H14Cl2N4O2S/c18-12-2-4-16(14(19)10-12)22-26(24,25)13-3-5-17(15(20)11-13)23-8-1-6-21-7-9-23/h1-11,22H,20H2. The maximum atomic E-state index is 12.6. The van der Waals surface area contributed by atoms with Crippen LogP contribution in [0.1, 0.15) is 0 Å². The molecule has 0 saturated heterocycles. The number of benzene rings is 2. The van der Waals surface area contributed by atoms with Crippen LogP contribution in [-0.4, -0.2) is 14.6 Å². The van der Waals surface area contributed by atoms with Gasteiger partial charge < -0.3 is 10.6 Å². The first-order valence-electron chi connectivity index (χ1n) is 7.39.